The highest BCUT2D eigenvalue weighted by Crippen LogP contribution is 2.23. The van der Waals surface area contributed by atoms with Crippen LogP contribution in [0.5, 0.6) is 0 Å². The topological polar surface area (TPSA) is 75.6 Å². The first-order valence-corrected chi connectivity index (χ1v) is 9.39. The maximum absolute atomic E-state index is 11.3. The molecule has 0 saturated carbocycles. The number of alkyl carbamates (subject to hydrolysis) is 1. The number of nitrogens with one attached hydrogen (secondary N) is 1. The molecule has 1 amide bonds. The number of allylic oxidation sites excluding steroid dienone is 1. The number of amides is 1. The standard InChI is InChI=1S/C19H31NO4.C2H6/c1-5-7-15(3)8-10-17(13-18(21)22)11-9-16(4)14-24-19(23)20-12-6-2;1-2/h5-6,15,17H,1-2,4,7-14H2,3H3,(H,20,23)(H,21,22);1-2H3. The summed E-state index contributed by atoms with van der Waals surface area (Å²) in [5.41, 5.74) is 0.790. The van der Waals surface area contributed by atoms with E-state index in [2.05, 4.69) is 32.0 Å². The van der Waals surface area contributed by atoms with Crippen molar-refractivity contribution in [2.75, 3.05) is 13.2 Å². The molecule has 0 aliphatic heterocycles. The molecule has 2 atom stereocenters. The zero-order valence-electron chi connectivity index (χ0n) is 16.8. The van der Waals surface area contributed by atoms with E-state index in [1.54, 1.807) is 6.08 Å². The molecule has 0 fully saturated rings. The van der Waals surface area contributed by atoms with Crippen LogP contribution in [0.2, 0.25) is 0 Å². The molecule has 150 valence electrons. The lowest BCUT2D eigenvalue weighted by Gasteiger charge is -2.18. The van der Waals surface area contributed by atoms with Gasteiger partial charge in [-0.25, -0.2) is 4.79 Å². The van der Waals surface area contributed by atoms with E-state index in [0.717, 1.165) is 31.3 Å². The van der Waals surface area contributed by atoms with Gasteiger partial charge in [0, 0.05) is 13.0 Å². The van der Waals surface area contributed by atoms with Crippen molar-refractivity contribution in [2.24, 2.45) is 11.8 Å². The Hall–Kier alpha value is -2.04. The number of carbonyl (C=O) groups is 2. The average molecular weight is 368 g/mol. The summed E-state index contributed by atoms with van der Waals surface area (Å²) in [4.78, 5) is 22.3. The van der Waals surface area contributed by atoms with Gasteiger partial charge in [-0.1, -0.05) is 45.9 Å². The summed E-state index contributed by atoms with van der Waals surface area (Å²) in [7, 11) is 0. The molecular formula is C21H37NO4. The summed E-state index contributed by atoms with van der Waals surface area (Å²) in [5.74, 6) is -0.151. The lowest BCUT2D eigenvalue weighted by atomic mass is 9.89. The highest BCUT2D eigenvalue weighted by atomic mass is 16.5. The van der Waals surface area contributed by atoms with Crippen LogP contribution < -0.4 is 5.32 Å². The van der Waals surface area contributed by atoms with Gasteiger partial charge in [-0.3, -0.25) is 4.79 Å². The van der Waals surface area contributed by atoms with Gasteiger partial charge in [-0.2, -0.15) is 0 Å². The van der Waals surface area contributed by atoms with E-state index >= 15 is 0 Å². The molecule has 2 N–H and O–H groups in total. The van der Waals surface area contributed by atoms with Crippen LogP contribution >= 0.6 is 0 Å². The number of carboxylic acid groups (broad SMARTS) is 1. The van der Waals surface area contributed by atoms with E-state index < -0.39 is 12.1 Å². The van der Waals surface area contributed by atoms with Crippen LogP contribution in [-0.2, 0) is 9.53 Å². The number of carboxylic acids is 1. The van der Waals surface area contributed by atoms with Crippen LogP contribution in [-0.4, -0.2) is 30.3 Å². The number of hydrogen-bond donors (Lipinski definition) is 2. The van der Waals surface area contributed by atoms with Crippen LogP contribution in [0.1, 0.15) is 59.3 Å². The fourth-order valence-electron chi connectivity index (χ4n) is 2.37. The summed E-state index contributed by atoms with van der Waals surface area (Å²) in [5, 5.41) is 11.6. The Morgan fingerprint density at radius 3 is 2.35 bits per heavy atom. The molecule has 26 heavy (non-hydrogen) atoms. The number of carbonyl (C=O) groups excluding carboxylic acids is 1. The zero-order valence-corrected chi connectivity index (χ0v) is 16.8. The van der Waals surface area contributed by atoms with Gasteiger partial charge in [0.1, 0.15) is 6.61 Å². The second-order valence-corrected chi connectivity index (χ2v) is 6.21. The summed E-state index contributed by atoms with van der Waals surface area (Å²) in [6.07, 6.45) is 7.32. The number of hydrogen-bond acceptors (Lipinski definition) is 3. The SMILES string of the molecule is C=CCNC(=O)OCC(=C)CCC(CCC(C)CC=C)CC(=O)O.CC. The predicted octanol–water partition coefficient (Wildman–Crippen LogP) is 5.34. The van der Waals surface area contributed by atoms with Crippen LogP contribution in [0.4, 0.5) is 4.79 Å². The molecular weight excluding hydrogens is 330 g/mol. The number of ether oxygens (including phenoxy) is 1. The van der Waals surface area contributed by atoms with Gasteiger partial charge in [0.15, 0.2) is 0 Å². The van der Waals surface area contributed by atoms with Gasteiger partial charge < -0.3 is 15.2 Å². The van der Waals surface area contributed by atoms with E-state index in [-0.39, 0.29) is 18.9 Å². The molecule has 0 aromatic rings. The summed E-state index contributed by atoms with van der Waals surface area (Å²) < 4.78 is 5.02. The molecule has 5 nitrogen and oxygen atoms in total. The maximum Gasteiger partial charge on any atom is 0.407 e. The molecule has 5 heteroatoms. The quantitative estimate of drug-likeness (QED) is 0.406. The minimum atomic E-state index is -0.776. The molecule has 0 rings (SSSR count). The fraction of sp³-hybridized carbons (Fsp3) is 0.619. The third kappa shape index (κ3) is 16.8. The smallest absolute Gasteiger partial charge is 0.407 e. The van der Waals surface area contributed by atoms with E-state index in [0.29, 0.717) is 18.9 Å². The first kappa shape index (κ1) is 26.2. The maximum atomic E-state index is 11.3. The molecule has 0 saturated heterocycles. The largest absolute Gasteiger partial charge is 0.481 e. The van der Waals surface area contributed by atoms with Gasteiger partial charge in [-0.05, 0) is 43.1 Å². The van der Waals surface area contributed by atoms with E-state index in [9.17, 15) is 9.59 Å². The van der Waals surface area contributed by atoms with Crippen LogP contribution in [0.15, 0.2) is 37.5 Å². The van der Waals surface area contributed by atoms with Crippen molar-refractivity contribution in [1.29, 1.82) is 0 Å². The number of aliphatic carboxylic acids is 1. The highest BCUT2D eigenvalue weighted by molar-refractivity contribution is 5.67. The first-order chi connectivity index (χ1) is 12.4. The van der Waals surface area contributed by atoms with Crippen molar-refractivity contribution in [3.63, 3.8) is 0 Å². The lowest BCUT2D eigenvalue weighted by Crippen LogP contribution is -2.24. The summed E-state index contributed by atoms with van der Waals surface area (Å²) >= 11 is 0. The number of rotatable bonds is 14. The van der Waals surface area contributed by atoms with Gasteiger partial charge in [0.2, 0.25) is 0 Å². The minimum absolute atomic E-state index is 0.112. The predicted molar refractivity (Wildman–Crippen MR) is 108 cm³/mol. The molecule has 0 aliphatic carbocycles. The van der Waals surface area contributed by atoms with Crippen LogP contribution in [0.25, 0.3) is 0 Å². The normalized spacial score (nSPS) is 12.0. The molecule has 0 heterocycles. The third-order valence-electron chi connectivity index (χ3n) is 3.80. The highest BCUT2D eigenvalue weighted by Gasteiger charge is 2.15. The lowest BCUT2D eigenvalue weighted by molar-refractivity contribution is -0.138. The van der Waals surface area contributed by atoms with Crippen molar-refractivity contribution in [3.05, 3.63) is 37.5 Å². The molecule has 0 aliphatic rings. The van der Waals surface area contributed by atoms with Gasteiger partial charge in [-0.15, -0.1) is 13.2 Å². The van der Waals surface area contributed by atoms with Crippen molar-refractivity contribution in [1.82, 2.24) is 5.32 Å². The van der Waals surface area contributed by atoms with E-state index in [4.69, 9.17) is 9.84 Å². The van der Waals surface area contributed by atoms with E-state index in [1.807, 2.05) is 19.9 Å². The van der Waals surface area contributed by atoms with Crippen molar-refractivity contribution in [2.45, 2.75) is 59.3 Å². The Kier molecular flexibility index (Phi) is 17.9. The first-order valence-electron chi connectivity index (χ1n) is 9.39. The molecule has 0 aromatic carbocycles. The van der Waals surface area contributed by atoms with E-state index in [1.165, 1.54) is 0 Å². The Morgan fingerprint density at radius 1 is 1.15 bits per heavy atom. The summed E-state index contributed by atoms with van der Waals surface area (Å²) in [6.45, 7) is 17.8. The minimum Gasteiger partial charge on any atom is -0.481 e. The molecule has 2 unspecified atom stereocenters. The van der Waals surface area contributed by atoms with Crippen LogP contribution in [0, 0.1) is 11.8 Å². The average Bonchev–Trinajstić information content (AvgIpc) is 2.62. The zero-order chi connectivity index (χ0) is 20.4. The van der Waals surface area contributed by atoms with Crippen molar-refractivity contribution in [3.8, 4) is 0 Å². The third-order valence-corrected chi connectivity index (χ3v) is 3.80. The Bertz CT molecular complexity index is 432. The Labute approximate surface area is 159 Å². The van der Waals surface area contributed by atoms with Crippen molar-refractivity contribution < 1.29 is 19.4 Å². The van der Waals surface area contributed by atoms with Crippen molar-refractivity contribution >= 4 is 12.1 Å². The second kappa shape index (κ2) is 17.8. The van der Waals surface area contributed by atoms with Gasteiger partial charge >= 0.3 is 12.1 Å². The fourth-order valence-corrected chi connectivity index (χ4v) is 2.37. The summed E-state index contributed by atoms with van der Waals surface area (Å²) in [6, 6.07) is 0. The Balaban J connectivity index is 0. The van der Waals surface area contributed by atoms with Crippen LogP contribution in [0.3, 0.4) is 0 Å². The second-order valence-electron chi connectivity index (χ2n) is 6.21. The molecule has 0 radical (unpaired) electrons. The molecule has 0 spiro atoms. The molecule has 0 bridgehead atoms. The molecule has 0 aromatic heterocycles. The van der Waals surface area contributed by atoms with Gasteiger partial charge in [0.05, 0.1) is 0 Å². The van der Waals surface area contributed by atoms with Gasteiger partial charge in [0.25, 0.3) is 0 Å². The monoisotopic (exact) mass is 367 g/mol. The Morgan fingerprint density at radius 2 is 1.81 bits per heavy atom.